The van der Waals surface area contributed by atoms with Gasteiger partial charge in [0, 0.05) is 4.88 Å². The Morgan fingerprint density at radius 3 is 2.47 bits per heavy atom. The van der Waals surface area contributed by atoms with Gasteiger partial charge >= 0.3 is 5.97 Å². The van der Waals surface area contributed by atoms with Crippen LogP contribution in [-0.4, -0.2) is 17.0 Å². The van der Waals surface area contributed by atoms with Crippen LogP contribution in [0.1, 0.15) is 30.5 Å². The fourth-order valence-corrected chi connectivity index (χ4v) is 2.51. The van der Waals surface area contributed by atoms with Crippen molar-refractivity contribution < 1.29 is 14.7 Å². The van der Waals surface area contributed by atoms with Gasteiger partial charge in [0.15, 0.2) is 0 Å². The number of para-hydroxylation sites is 1. The molecular weight excluding hydrogens is 262 g/mol. The molecule has 0 aliphatic rings. The van der Waals surface area contributed by atoms with Crippen molar-refractivity contribution in [3.63, 3.8) is 0 Å². The van der Waals surface area contributed by atoms with E-state index in [9.17, 15) is 9.59 Å². The van der Waals surface area contributed by atoms with Crippen molar-refractivity contribution in [3.05, 3.63) is 51.2 Å². The van der Waals surface area contributed by atoms with Crippen LogP contribution >= 0.6 is 11.3 Å². The third-order valence-corrected chi connectivity index (χ3v) is 3.71. The van der Waals surface area contributed by atoms with Gasteiger partial charge in [0.25, 0.3) is 5.91 Å². The predicted octanol–water partition coefficient (Wildman–Crippen LogP) is 3.32. The topological polar surface area (TPSA) is 66.4 Å². The summed E-state index contributed by atoms with van der Waals surface area (Å²) in [6, 6.07) is 8.49. The molecule has 0 aliphatic heterocycles. The van der Waals surface area contributed by atoms with Gasteiger partial charge in [0.1, 0.15) is 0 Å². The fourth-order valence-electron chi connectivity index (χ4n) is 1.74. The minimum Gasteiger partial charge on any atom is -0.478 e. The number of rotatable bonds is 3. The molecule has 0 atom stereocenters. The Balaban J connectivity index is 2.33. The number of carboxylic acid groups (broad SMARTS) is 1. The molecule has 2 rings (SSSR count). The minimum absolute atomic E-state index is 0.0987. The first-order valence-corrected chi connectivity index (χ1v) is 6.51. The van der Waals surface area contributed by atoms with Crippen LogP contribution < -0.4 is 5.32 Å². The molecule has 0 aliphatic carbocycles. The van der Waals surface area contributed by atoms with E-state index in [1.54, 1.807) is 25.1 Å². The molecule has 0 radical (unpaired) electrons. The average Bonchev–Trinajstić information content (AvgIpc) is 2.78. The van der Waals surface area contributed by atoms with Crippen LogP contribution in [-0.2, 0) is 0 Å². The largest absolute Gasteiger partial charge is 0.478 e. The molecule has 2 N–H and O–H groups in total. The van der Waals surface area contributed by atoms with Gasteiger partial charge in [-0.2, -0.15) is 0 Å². The molecule has 1 aromatic heterocycles. The summed E-state index contributed by atoms with van der Waals surface area (Å²) in [4.78, 5) is 24.8. The van der Waals surface area contributed by atoms with E-state index in [-0.39, 0.29) is 11.5 Å². The summed E-state index contributed by atoms with van der Waals surface area (Å²) in [5.41, 5.74) is 1.18. The SMILES string of the molecule is Cc1ccc(C(=O)Nc2c(C)cccc2C(=O)O)s1. The number of amides is 1. The van der Waals surface area contributed by atoms with E-state index in [0.717, 1.165) is 10.4 Å². The first kappa shape index (κ1) is 13.3. The molecule has 1 heterocycles. The fraction of sp³-hybridized carbons (Fsp3) is 0.143. The molecule has 98 valence electrons. The summed E-state index contributed by atoms with van der Waals surface area (Å²) in [6.45, 7) is 3.68. The second kappa shape index (κ2) is 5.24. The summed E-state index contributed by atoms with van der Waals surface area (Å²) < 4.78 is 0. The number of carboxylic acids is 1. The number of hydrogen-bond donors (Lipinski definition) is 2. The smallest absolute Gasteiger partial charge is 0.337 e. The lowest BCUT2D eigenvalue weighted by molar-refractivity contribution is 0.0698. The van der Waals surface area contributed by atoms with Gasteiger partial charge in [-0.15, -0.1) is 11.3 Å². The quantitative estimate of drug-likeness (QED) is 0.903. The summed E-state index contributed by atoms with van der Waals surface area (Å²) >= 11 is 1.38. The number of nitrogens with one attached hydrogen (secondary N) is 1. The highest BCUT2D eigenvalue weighted by Gasteiger charge is 2.16. The Morgan fingerprint density at radius 2 is 1.89 bits per heavy atom. The van der Waals surface area contributed by atoms with Gasteiger partial charge in [-0.05, 0) is 37.6 Å². The van der Waals surface area contributed by atoms with E-state index < -0.39 is 5.97 Å². The molecule has 0 fully saturated rings. The number of carbonyl (C=O) groups is 2. The van der Waals surface area contributed by atoms with Crippen LogP contribution in [0.25, 0.3) is 0 Å². The van der Waals surface area contributed by atoms with Crippen LogP contribution in [0, 0.1) is 13.8 Å². The van der Waals surface area contributed by atoms with E-state index >= 15 is 0 Å². The number of hydrogen-bond acceptors (Lipinski definition) is 3. The Morgan fingerprint density at radius 1 is 1.16 bits per heavy atom. The van der Waals surface area contributed by atoms with Crippen molar-refractivity contribution in [2.75, 3.05) is 5.32 Å². The molecular formula is C14H13NO3S. The molecule has 0 bridgehead atoms. The zero-order chi connectivity index (χ0) is 14.0. The van der Waals surface area contributed by atoms with Crippen molar-refractivity contribution in [2.24, 2.45) is 0 Å². The number of benzene rings is 1. The molecule has 0 unspecified atom stereocenters. The van der Waals surface area contributed by atoms with Crippen molar-refractivity contribution in [1.29, 1.82) is 0 Å². The summed E-state index contributed by atoms with van der Waals surface area (Å²) in [5.74, 6) is -1.34. The lowest BCUT2D eigenvalue weighted by Crippen LogP contribution is -2.14. The van der Waals surface area contributed by atoms with Gasteiger partial charge in [-0.25, -0.2) is 4.79 Å². The average molecular weight is 275 g/mol. The number of carbonyl (C=O) groups excluding carboxylic acids is 1. The van der Waals surface area contributed by atoms with Crippen LogP contribution in [0.15, 0.2) is 30.3 Å². The van der Waals surface area contributed by atoms with E-state index in [4.69, 9.17) is 5.11 Å². The zero-order valence-electron chi connectivity index (χ0n) is 10.6. The van der Waals surface area contributed by atoms with Crippen molar-refractivity contribution in [3.8, 4) is 0 Å². The monoisotopic (exact) mass is 275 g/mol. The van der Waals surface area contributed by atoms with Gasteiger partial charge in [-0.3, -0.25) is 4.79 Å². The maximum Gasteiger partial charge on any atom is 0.337 e. The lowest BCUT2D eigenvalue weighted by Gasteiger charge is -2.10. The van der Waals surface area contributed by atoms with E-state index in [1.807, 2.05) is 13.0 Å². The highest BCUT2D eigenvalue weighted by molar-refractivity contribution is 7.14. The normalized spacial score (nSPS) is 10.2. The molecule has 19 heavy (non-hydrogen) atoms. The second-order valence-electron chi connectivity index (χ2n) is 4.17. The molecule has 2 aromatic rings. The Labute approximate surface area is 114 Å². The van der Waals surface area contributed by atoms with Crippen LogP contribution in [0.5, 0.6) is 0 Å². The number of thiophene rings is 1. The number of aryl methyl sites for hydroxylation is 2. The molecule has 1 amide bonds. The van der Waals surface area contributed by atoms with Crippen LogP contribution in [0.2, 0.25) is 0 Å². The predicted molar refractivity (Wildman–Crippen MR) is 75.1 cm³/mol. The van der Waals surface area contributed by atoms with Crippen LogP contribution in [0.4, 0.5) is 5.69 Å². The van der Waals surface area contributed by atoms with E-state index in [0.29, 0.717) is 10.6 Å². The van der Waals surface area contributed by atoms with E-state index in [1.165, 1.54) is 17.4 Å². The summed E-state index contributed by atoms with van der Waals surface area (Å²) in [6.07, 6.45) is 0. The summed E-state index contributed by atoms with van der Waals surface area (Å²) in [7, 11) is 0. The van der Waals surface area contributed by atoms with Gasteiger partial charge in [0.05, 0.1) is 16.1 Å². The maximum absolute atomic E-state index is 12.1. The highest BCUT2D eigenvalue weighted by Crippen LogP contribution is 2.23. The first-order valence-electron chi connectivity index (χ1n) is 5.69. The Bertz CT molecular complexity index is 646. The molecule has 0 saturated carbocycles. The van der Waals surface area contributed by atoms with Crippen molar-refractivity contribution in [1.82, 2.24) is 0 Å². The van der Waals surface area contributed by atoms with Gasteiger partial charge in [0.2, 0.25) is 0 Å². The Hall–Kier alpha value is -2.14. The molecule has 5 heteroatoms. The molecule has 4 nitrogen and oxygen atoms in total. The van der Waals surface area contributed by atoms with E-state index in [2.05, 4.69) is 5.32 Å². The molecule has 0 saturated heterocycles. The zero-order valence-corrected chi connectivity index (χ0v) is 11.4. The molecule has 1 aromatic carbocycles. The third-order valence-electron chi connectivity index (χ3n) is 2.71. The molecule has 0 spiro atoms. The number of anilines is 1. The van der Waals surface area contributed by atoms with Crippen molar-refractivity contribution >= 4 is 28.9 Å². The summed E-state index contributed by atoms with van der Waals surface area (Å²) in [5, 5.41) is 11.8. The maximum atomic E-state index is 12.1. The highest BCUT2D eigenvalue weighted by atomic mass is 32.1. The number of aromatic carboxylic acids is 1. The second-order valence-corrected chi connectivity index (χ2v) is 5.45. The standard InChI is InChI=1S/C14H13NO3S/c1-8-4-3-5-10(14(17)18)12(8)15-13(16)11-7-6-9(2)19-11/h3-7H,1-2H3,(H,15,16)(H,17,18). The third kappa shape index (κ3) is 2.82. The van der Waals surface area contributed by atoms with Crippen molar-refractivity contribution in [2.45, 2.75) is 13.8 Å². The lowest BCUT2D eigenvalue weighted by atomic mass is 10.1. The Kier molecular flexibility index (Phi) is 3.66. The first-order chi connectivity index (χ1) is 8.99. The van der Waals surface area contributed by atoms with Crippen LogP contribution in [0.3, 0.4) is 0 Å². The minimum atomic E-state index is -1.05. The van der Waals surface area contributed by atoms with Gasteiger partial charge in [-0.1, -0.05) is 12.1 Å². The van der Waals surface area contributed by atoms with Gasteiger partial charge < -0.3 is 10.4 Å².